The zero-order valence-corrected chi connectivity index (χ0v) is 17.0. The highest BCUT2D eigenvalue weighted by Gasteiger charge is 2.30. The number of piperazine rings is 1. The van der Waals surface area contributed by atoms with Crippen molar-refractivity contribution in [3.63, 3.8) is 0 Å². The third kappa shape index (κ3) is 3.51. The molecule has 1 amide bonds. The smallest absolute Gasteiger partial charge is 0.261 e. The second kappa shape index (κ2) is 7.54. The molecule has 150 valence electrons. The van der Waals surface area contributed by atoms with Crippen LogP contribution >= 0.6 is 0 Å². The molecule has 2 saturated heterocycles. The highest BCUT2D eigenvalue weighted by molar-refractivity contribution is 5.81. The van der Waals surface area contributed by atoms with Crippen molar-refractivity contribution in [2.75, 3.05) is 44.7 Å². The van der Waals surface area contributed by atoms with Crippen LogP contribution in [0.1, 0.15) is 32.7 Å². The van der Waals surface area contributed by atoms with Crippen molar-refractivity contribution in [1.29, 1.82) is 0 Å². The van der Waals surface area contributed by atoms with Gasteiger partial charge >= 0.3 is 0 Å². The van der Waals surface area contributed by atoms with Crippen molar-refractivity contribution in [3.8, 4) is 0 Å². The van der Waals surface area contributed by atoms with E-state index in [1.807, 2.05) is 44.0 Å². The normalized spacial score (nSPS) is 21.3. The van der Waals surface area contributed by atoms with Crippen LogP contribution in [0.2, 0.25) is 0 Å². The van der Waals surface area contributed by atoms with Gasteiger partial charge in [0.1, 0.15) is 0 Å². The fourth-order valence-corrected chi connectivity index (χ4v) is 4.25. The number of rotatable bonds is 4. The van der Waals surface area contributed by atoms with Gasteiger partial charge in [0.25, 0.3) is 5.56 Å². The molecule has 0 N–H and O–H groups in total. The maximum Gasteiger partial charge on any atom is 0.261 e. The lowest BCUT2D eigenvalue weighted by atomic mass is 10.1. The van der Waals surface area contributed by atoms with Crippen molar-refractivity contribution in [2.24, 2.45) is 0 Å². The Morgan fingerprint density at radius 2 is 1.89 bits per heavy atom. The van der Waals surface area contributed by atoms with Gasteiger partial charge in [-0.2, -0.15) is 0 Å². The van der Waals surface area contributed by atoms with Crippen LogP contribution in [-0.4, -0.2) is 71.1 Å². The third-order valence-electron chi connectivity index (χ3n) is 6.16. The zero-order valence-electron chi connectivity index (χ0n) is 17.0. The van der Waals surface area contributed by atoms with Crippen LogP contribution in [0.4, 0.5) is 5.69 Å². The van der Waals surface area contributed by atoms with E-state index in [1.54, 1.807) is 10.9 Å². The Hall–Kier alpha value is -2.41. The van der Waals surface area contributed by atoms with Crippen molar-refractivity contribution >= 4 is 22.5 Å². The summed E-state index contributed by atoms with van der Waals surface area (Å²) in [7, 11) is 1.92. The molecule has 28 heavy (non-hydrogen) atoms. The number of likely N-dealkylation sites (N-methyl/N-ethyl adjacent to an activating group) is 1. The third-order valence-corrected chi connectivity index (χ3v) is 6.16. The Morgan fingerprint density at radius 1 is 1.14 bits per heavy atom. The molecule has 2 aliphatic heterocycles. The number of carbonyl (C=O) groups excluding carboxylic acids is 1. The lowest BCUT2D eigenvalue weighted by Gasteiger charge is -2.38. The largest absolute Gasteiger partial charge is 0.369 e. The van der Waals surface area contributed by atoms with Crippen LogP contribution in [0.3, 0.4) is 0 Å². The molecule has 7 nitrogen and oxygen atoms in total. The summed E-state index contributed by atoms with van der Waals surface area (Å²) in [6, 6.07) is 6.43. The summed E-state index contributed by atoms with van der Waals surface area (Å²) in [5, 5.41) is 0.674. The average Bonchev–Trinajstić information content (AvgIpc) is 3.00. The van der Waals surface area contributed by atoms with E-state index in [4.69, 9.17) is 0 Å². The van der Waals surface area contributed by atoms with Crippen LogP contribution in [0.25, 0.3) is 10.9 Å². The monoisotopic (exact) mass is 383 g/mol. The molecule has 7 heteroatoms. The predicted octanol–water partition coefficient (Wildman–Crippen LogP) is 1.72. The number of benzene rings is 1. The number of amides is 1. The van der Waals surface area contributed by atoms with Gasteiger partial charge < -0.3 is 9.80 Å². The molecular weight excluding hydrogens is 354 g/mol. The van der Waals surface area contributed by atoms with Gasteiger partial charge in [-0.05, 0) is 38.5 Å². The molecule has 2 aliphatic rings. The van der Waals surface area contributed by atoms with Gasteiger partial charge in [0.2, 0.25) is 5.91 Å². The van der Waals surface area contributed by atoms with E-state index in [0.29, 0.717) is 17.8 Å². The molecular formula is C21H29N5O2. The Balaban J connectivity index is 1.43. The molecule has 0 spiro atoms. The minimum absolute atomic E-state index is 0.0200. The molecule has 2 aromatic rings. The first-order chi connectivity index (χ1) is 13.4. The summed E-state index contributed by atoms with van der Waals surface area (Å²) < 4.78 is 1.67. The first kappa shape index (κ1) is 18.9. The summed E-state index contributed by atoms with van der Waals surface area (Å²) in [5.41, 5.74) is 1.90. The van der Waals surface area contributed by atoms with E-state index in [1.165, 1.54) is 0 Å². The van der Waals surface area contributed by atoms with Crippen LogP contribution < -0.4 is 10.5 Å². The Labute approximate surface area is 165 Å². The Morgan fingerprint density at radius 3 is 2.54 bits per heavy atom. The highest BCUT2D eigenvalue weighted by atomic mass is 16.2. The quantitative estimate of drug-likeness (QED) is 0.805. The van der Waals surface area contributed by atoms with E-state index in [2.05, 4.69) is 14.8 Å². The predicted molar refractivity (Wildman–Crippen MR) is 111 cm³/mol. The number of hydrogen-bond donors (Lipinski definition) is 0. The first-order valence-electron chi connectivity index (χ1n) is 10.2. The molecule has 0 aliphatic carbocycles. The van der Waals surface area contributed by atoms with E-state index in [9.17, 15) is 9.59 Å². The number of fused-ring (bicyclic) bond motifs is 1. The molecule has 0 bridgehead atoms. The molecule has 1 unspecified atom stereocenters. The Kier molecular flexibility index (Phi) is 5.10. The molecule has 1 aromatic heterocycles. The maximum atomic E-state index is 12.6. The molecule has 0 saturated carbocycles. The minimum Gasteiger partial charge on any atom is -0.369 e. The Bertz CT molecular complexity index is 930. The number of hydrogen-bond acceptors (Lipinski definition) is 5. The van der Waals surface area contributed by atoms with E-state index < -0.39 is 0 Å². The van der Waals surface area contributed by atoms with Crippen LogP contribution in [-0.2, 0) is 4.79 Å². The zero-order chi connectivity index (χ0) is 19.8. The van der Waals surface area contributed by atoms with Crippen LogP contribution in [0.15, 0.2) is 29.3 Å². The lowest BCUT2D eigenvalue weighted by Crippen LogP contribution is -2.50. The molecule has 0 radical (unpaired) electrons. The van der Waals surface area contributed by atoms with Crippen molar-refractivity contribution in [1.82, 2.24) is 19.4 Å². The van der Waals surface area contributed by atoms with Gasteiger partial charge in [-0.25, -0.2) is 4.98 Å². The first-order valence-corrected chi connectivity index (χ1v) is 10.2. The van der Waals surface area contributed by atoms with Gasteiger partial charge in [0, 0.05) is 64.0 Å². The second-order valence-electron chi connectivity index (χ2n) is 8.24. The fraction of sp³-hybridized carbons (Fsp3) is 0.571. The molecule has 1 atom stereocenters. The standard InChI is InChI=1S/C21H29N5O2/c1-15(2)26-14-22-19-12-16(4-6-18(19)21(26)28)25-10-8-24(9-11-25)13-17-5-7-20(27)23(17)3/h4,6,12,14-15,17H,5,7-11,13H2,1-3H3. The summed E-state index contributed by atoms with van der Waals surface area (Å²) in [6.07, 6.45) is 3.31. The number of carbonyl (C=O) groups is 1. The van der Waals surface area contributed by atoms with Gasteiger partial charge in [0.05, 0.1) is 17.2 Å². The number of nitrogens with zero attached hydrogens (tertiary/aromatic N) is 5. The summed E-state index contributed by atoms with van der Waals surface area (Å²) in [6.45, 7) is 8.80. The topological polar surface area (TPSA) is 61.7 Å². The summed E-state index contributed by atoms with van der Waals surface area (Å²) >= 11 is 0. The molecule has 1 aromatic carbocycles. The van der Waals surface area contributed by atoms with Crippen LogP contribution in [0.5, 0.6) is 0 Å². The minimum atomic E-state index is 0.0200. The number of anilines is 1. The molecule has 2 fully saturated rings. The average molecular weight is 383 g/mol. The van der Waals surface area contributed by atoms with Crippen molar-refractivity contribution < 1.29 is 4.79 Å². The summed E-state index contributed by atoms with van der Waals surface area (Å²) in [4.78, 5) is 35.5. The van der Waals surface area contributed by atoms with Crippen molar-refractivity contribution in [2.45, 2.75) is 38.8 Å². The van der Waals surface area contributed by atoms with Gasteiger partial charge in [0.15, 0.2) is 0 Å². The summed E-state index contributed by atoms with van der Waals surface area (Å²) in [5.74, 6) is 0.267. The molecule has 4 rings (SSSR count). The molecule has 3 heterocycles. The lowest BCUT2D eigenvalue weighted by molar-refractivity contribution is -0.127. The van der Waals surface area contributed by atoms with E-state index in [0.717, 1.165) is 50.3 Å². The van der Waals surface area contributed by atoms with E-state index >= 15 is 0 Å². The number of aromatic nitrogens is 2. The number of likely N-dealkylation sites (tertiary alicyclic amines) is 1. The van der Waals surface area contributed by atoms with E-state index in [-0.39, 0.29) is 17.5 Å². The highest BCUT2D eigenvalue weighted by Crippen LogP contribution is 2.22. The van der Waals surface area contributed by atoms with Gasteiger partial charge in [-0.3, -0.25) is 19.1 Å². The maximum absolute atomic E-state index is 12.6. The SMILES string of the molecule is CC(C)n1cnc2cc(N3CCN(CC4CCC(=O)N4C)CC3)ccc2c1=O. The van der Waals surface area contributed by atoms with Crippen LogP contribution in [0, 0.1) is 0 Å². The fourth-order valence-electron chi connectivity index (χ4n) is 4.25. The van der Waals surface area contributed by atoms with Crippen molar-refractivity contribution in [3.05, 3.63) is 34.9 Å². The van der Waals surface area contributed by atoms with Gasteiger partial charge in [-0.1, -0.05) is 0 Å². The second-order valence-corrected chi connectivity index (χ2v) is 8.24. The van der Waals surface area contributed by atoms with Gasteiger partial charge in [-0.15, -0.1) is 0 Å².